The maximum Gasteiger partial charge on any atom is 0.314 e. The van der Waals surface area contributed by atoms with Gasteiger partial charge in [-0.2, -0.15) is 0 Å². The average Bonchev–Trinajstić information content (AvgIpc) is 3.10. The van der Waals surface area contributed by atoms with Crippen molar-refractivity contribution in [3.63, 3.8) is 0 Å². The minimum Gasteiger partial charge on any atom is -0.426 e. The number of pyridine rings is 1. The van der Waals surface area contributed by atoms with Gasteiger partial charge in [0.05, 0.1) is 5.92 Å². The van der Waals surface area contributed by atoms with Gasteiger partial charge in [-0.3, -0.25) is 9.20 Å². The summed E-state index contributed by atoms with van der Waals surface area (Å²) in [6.45, 7) is 11.2. The number of rotatable bonds is 6. The highest BCUT2D eigenvalue weighted by Gasteiger charge is 2.28. The minimum atomic E-state index is -0.138. The molecule has 5 nitrogen and oxygen atoms in total. The van der Waals surface area contributed by atoms with Gasteiger partial charge in [-0.1, -0.05) is 40.0 Å². The first-order chi connectivity index (χ1) is 16.0. The Labute approximate surface area is 211 Å². The molecule has 1 N–H and O–H groups in total. The molecule has 1 aliphatic rings. The number of hydrogen-bond donors (Lipinski definition) is 1. The quantitative estimate of drug-likeness (QED) is 0.262. The Hall–Kier alpha value is -2.34. The fraction of sp³-hybridized carbons (Fsp3) is 0.500. The van der Waals surface area contributed by atoms with Crippen molar-refractivity contribution in [2.75, 3.05) is 5.32 Å². The van der Waals surface area contributed by atoms with Crippen LogP contribution in [0.5, 0.6) is 5.75 Å². The van der Waals surface area contributed by atoms with Crippen molar-refractivity contribution in [3.05, 3.63) is 47.1 Å². The number of benzene rings is 1. The van der Waals surface area contributed by atoms with Crippen LogP contribution < -0.4 is 10.1 Å². The number of hydrogen-bond acceptors (Lipinski definition) is 4. The van der Waals surface area contributed by atoms with Crippen LogP contribution in [0.4, 0.5) is 5.82 Å². The number of carbonyl (C=O) groups is 1. The van der Waals surface area contributed by atoms with E-state index >= 15 is 0 Å². The maximum absolute atomic E-state index is 12.5. The van der Waals surface area contributed by atoms with Gasteiger partial charge in [0.2, 0.25) is 0 Å². The molecule has 0 unspecified atom stereocenters. The summed E-state index contributed by atoms with van der Waals surface area (Å²) in [5.74, 6) is 1.48. The molecule has 4 rings (SSSR count). The molecule has 1 fully saturated rings. The second-order valence-electron chi connectivity index (χ2n) is 11.4. The lowest BCUT2D eigenvalue weighted by Crippen LogP contribution is -2.36. The number of halogens is 1. The van der Waals surface area contributed by atoms with Crippen molar-refractivity contribution >= 4 is 33.4 Å². The van der Waals surface area contributed by atoms with Gasteiger partial charge in [-0.15, -0.1) is 0 Å². The van der Waals surface area contributed by atoms with Crippen LogP contribution in [0.15, 0.2) is 47.1 Å². The molecule has 6 heteroatoms. The standard InChI is InChI=1S/C28H36BrN3O2/c1-27(2,3)18-28(4,5)31-25-24(30-23-16-13-21(29)17-32(23)25)19-11-14-22(15-12-19)34-26(33)20-9-7-6-8-10-20/h11-17,20,31H,6-10,18H2,1-5H3. The maximum atomic E-state index is 12.5. The highest BCUT2D eigenvalue weighted by molar-refractivity contribution is 9.10. The topological polar surface area (TPSA) is 55.6 Å². The lowest BCUT2D eigenvalue weighted by atomic mass is 9.82. The third kappa shape index (κ3) is 6.01. The zero-order chi connectivity index (χ0) is 24.5. The van der Waals surface area contributed by atoms with E-state index in [4.69, 9.17) is 9.72 Å². The zero-order valence-corrected chi connectivity index (χ0v) is 22.5. The van der Waals surface area contributed by atoms with E-state index in [1.165, 1.54) is 6.42 Å². The predicted molar refractivity (Wildman–Crippen MR) is 142 cm³/mol. The summed E-state index contributed by atoms with van der Waals surface area (Å²) in [6, 6.07) is 11.7. The van der Waals surface area contributed by atoms with Crippen LogP contribution in [0, 0.1) is 11.3 Å². The van der Waals surface area contributed by atoms with Gasteiger partial charge in [-0.25, -0.2) is 4.98 Å². The van der Waals surface area contributed by atoms with Gasteiger partial charge in [0.15, 0.2) is 0 Å². The SMILES string of the molecule is CC(C)(C)CC(C)(C)Nc1c(-c2ccc(OC(=O)C3CCCCC3)cc2)nc2ccc(Br)cn12. The predicted octanol–water partition coefficient (Wildman–Crippen LogP) is 7.88. The number of fused-ring (bicyclic) bond motifs is 1. The van der Waals surface area contributed by atoms with Crippen LogP contribution in [0.1, 0.15) is 73.1 Å². The minimum absolute atomic E-state index is 0.0335. The molecule has 0 amide bonds. The molecular weight excluding hydrogens is 490 g/mol. The Balaban J connectivity index is 1.63. The largest absolute Gasteiger partial charge is 0.426 e. The molecule has 1 aliphatic carbocycles. The molecule has 1 aromatic carbocycles. The van der Waals surface area contributed by atoms with Crippen molar-refractivity contribution < 1.29 is 9.53 Å². The number of ether oxygens (including phenoxy) is 1. The summed E-state index contributed by atoms with van der Waals surface area (Å²) in [7, 11) is 0. The normalized spacial score (nSPS) is 15.5. The number of aromatic nitrogens is 2. The van der Waals surface area contributed by atoms with Gasteiger partial charge in [0.1, 0.15) is 22.9 Å². The van der Waals surface area contributed by atoms with Crippen LogP contribution in [-0.4, -0.2) is 20.9 Å². The van der Waals surface area contributed by atoms with Gasteiger partial charge in [-0.05, 0) is 90.9 Å². The molecule has 1 saturated carbocycles. The lowest BCUT2D eigenvalue weighted by Gasteiger charge is -2.34. The molecular formula is C28H36BrN3O2. The third-order valence-electron chi connectivity index (χ3n) is 6.30. The summed E-state index contributed by atoms with van der Waals surface area (Å²) >= 11 is 3.60. The van der Waals surface area contributed by atoms with Crippen LogP contribution in [0.25, 0.3) is 16.9 Å². The molecule has 2 aromatic heterocycles. The molecule has 0 spiro atoms. The van der Waals surface area contributed by atoms with Crippen LogP contribution in [0.2, 0.25) is 0 Å². The van der Waals surface area contributed by atoms with Crippen molar-refractivity contribution in [1.29, 1.82) is 0 Å². The molecule has 0 bridgehead atoms. The van der Waals surface area contributed by atoms with Crippen molar-refractivity contribution in [1.82, 2.24) is 9.38 Å². The summed E-state index contributed by atoms with van der Waals surface area (Å²) in [5, 5.41) is 3.78. The average molecular weight is 527 g/mol. The van der Waals surface area contributed by atoms with E-state index in [1.807, 2.05) is 42.6 Å². The second kappa shape index (κ2) is 9.73. The molecule has 3 aromatic rings. The van der Waals surface area contributed by atoms with E-state index in [1.54, 1.807) is 0 Å². The van der Waals surface area contributed by atoms with E-state index in [9.17, 15) is 4.79 Å². The lowest BCUT2D eigenvalue weighted by molar-refractivity contribution is -0.139. The van der Waals surface area contributed by atoms with Gasteiger partial charge < -0.3 is 10.1 Å². The Kier molecular flexibility index (Phi) is 7.09. The summed E-state index contributed by atoms with van der Waals surface area (Å²) in [6.07, 6.45) is 8.36. The van der Waals surface area contributed by atoms with E-state index in [2.05, 4.69) is 60.3 Å². The first-order valence-electron chi connectivity index (χ1n) is 12.3. The molecule has 34 heavy (non-hydrogen) atoms. The number of carbonyl (C=O) groups excluding carboxylic acids is 1. The molecule has 2 heterocycles. The van der Waals surface area contributed by atoms with Crippen molar-refractivity contribution in [2.45, 2.75) is 78.7 Å². The van der Waals surface area contributed by atoms with E-state index in [0.717, 1.165) is 59.3 Å². The first-order valence-corrected chi connectivity index (χ1v) is 13.1. The van der Waals surface area contributed by atoms with E-state index < -0.39 is 0 Å². The van der Waals surface area contributed by atoms with E-state index in [-0.39, 0.29) is 22.8 Å². The second-order valence-corrected chi connectivity index (χ2v) is 12.3. The Bertz CT molecular complexity index is 1150. The Morgan fingerprint density at radius 2 is 1.74 bits per heavy atom. The highest BCUT2D eigenvalue weighted by atomic mass is 79.9. The molecule has 182 valence electrons. The summed E-state index contributed by atoms with van der Waals surface area (Å²) in [5.41, 5.74) is 2.78. The summed E-state index contributed by atoms with van der Waals surface area (Å²) < 4.78 is 8.79. The fourth-order valence-corrected chi connectivity index (χ4v) is 5.59. The van der Waals surface area contributed by atoms with Gasteiger partial charge in [0.25, 0.3) is 0 Å². The monoisotopic (exact) mass is 525 g/mol. The molecule has 0 saturated heterocycles. The van der Waals surface area contributed by atoms with Crippen LogP contribution in [0.3, 0.4) is 0 Å². The van der Waals surface area contributed by atoms with Gasteiger partial charge in [0, 0.05) is 21.8 Å². The van der Waals surface area contributed by atoms with Crippen LogP contribution >= 0.6 is 15.9 Å². The molecule has 0 aliphatic heterocycles. The summed E-state index contributed by atoms with van der Waals surface area (Å²) in [4.78, 5) is 17.5. The van der Waals surface area contributed by atoms with Crippen LogP contribution in [-0.2, 0) is 4.79 Å². The number of anilines is 1. The number of nitrogens with one attached hydrogen (secondary N) is 1. The fourth-order valence-electron chi connectivity index (χ4n) is 5.25. The Morgan fingerprint density at radius 1 is 1.06 bits per heavy atom. The van der Waals surface area contributed by atoms with Gasteiger partial charge >= 0.3 is 5.97 Å². The smallest absolute Gasteiger partial charge is 0.314 e. The zero-order valence-electron chi connectivity index (χ0n) is 21.0. The number of esters is 1. The first kappa shape index (κ1) is 24.8. The highest BCUT2D eigenvalue weighted by Crippen LogP contribution is 2.36. The number of nitrogens with zero attached hydrogens (tertiary/aromatic N) is 2. The molecule has 0 radical (unpaired) electrons. The Morgan fingerprint density at radius 3 is 2.38 bits per heavy atom. The van der Waals surface area contributed by atoms with E-state index in [0.29, 0.717) is 5.75 Å². The molecule has 0 atom stereocenters. The van der Waals surface area contributed by atoms with Crippen molar-refractivity contribution in [3.8, 4) is 17.0 Å². The third-order valence-corrected chi connectivity index (χ3v) is 6.77. The van der Waals surface area contributed by atoms with Crippen molar-refractivity contribution in [2.24, 2.45) is 11.3 Å². The number of imidazole rings is 1.